The van der Waals surface area contributed by atoms with E-state index in [1.807, 2.05) is 6.92 Å². The molecule has 2 N–H and O–H groups in total. The quantitative estimate of drug-likeness (QED) is 0.640. The van der Waals surface area contributed by atoms with Gasteiger partial charge in [-0.15, -0.1) is 5.10 Å². The Balaban J connectivity index is 2.07. The molecule has 0 aromatic carbocycles. The minimum absolute atomic E-state index is 0.268. The minimum Gasteiger partial charge on any atom is -0.358 e. The first-order valence-electron chi connectivity index (χ1n) is 4.42. The summed E-state index contributed by atoms with van der Waals surface area (Å²) in [5.74, 6) is 0.462. The maximum absolute atomic E-state index is 5.42. The number of rotatable bonds is 6. The van der Waals surface area contributed by atoms with Crippen LogP contribution in [0.4, 0.5) is 5.95 Å². The lowest BCUT2D eigenvalue weighted by molar-refractivity contribution is 0.0732. The van der Waals surface area contributed by atoms with Crippen molar-refractivity contribution >= 4 is 5.95 Å². The minimum atomic E-state index is 0.268. The van der Waals surface area contributed by atoms with Crippen LogP contribution in [-0.4, -0.2) is 33.5 Å². The molecule has 0 amide bonds. The first-order chi connectivity index (χ1) is 6.33. The number of hydrogen-bond acceptors (Lipinski definition) is 5. The van der Waals surface area contributed by atoms with Crippen LogP contribution in [0.5, 0.6) is 0 Å². The number of nitrogens with zero attached hydrogens (tertiary/aromatic N) is 3. The smallest absolute Gasteiger partial charge is 0.264 e. The maximum Gasteiger partial charge on any atom is 0.264 e. The first kappa shape index (κ1) is 9.91. The average molecular weight is 185 g/mol. The van der Waals surface area contributed by atoms with Gasteiger partial charge in [-0.05, 0) is 18.6 Å². The molecule has 1 aromatic rings. The van der Waals surface area contributed by atoms with Gasteiger partial charge in [0.1, 0.15) is 6.73 Å². The summed E-state index contributed by atoms with van der Waals surface area (Å²) in [7, 11) is 0. The third-order valence-electron chi connectivity index (χ3n) is 1.64. The van der Waals surface area contributed by atoms with Gasteiger partial charge < -0.3 is 10.1 Å². The zero-order chi connectivity index (χ0) is 9.52. The van der Waals surface area contributed by atoms with Crippen LogP contribution < -0.4 is 5.32 Å². The second kappa shape index (κ2) is 5.47. The molecule has 1 aromatic heterocycles. The Bertz CT molecular complexity index is 213. The van der Waals surface area contributed by atoms with Crippen LogP contribution >= 0.6 is 0 Å². The maximum atomic E-state index is 5.42. The van der Waals surface area contributed by atoms with Gasteiger partial charge in [-0.25, -0.2) is 0 Å². The lowest BCUT2D eigenvalue weighted by Crippen LogP contribution is -2.14. The second-order valence-corrected chi connectivity index (χ2v) is 2.82. The summed E-state index contributed by atoms with van der Waals surface area (Å²) in [4.78, 5) is 0. The van der Waals surface area contributed by atoms with Crippen LogP contribution in [0.2, 0.25) is 0 Å². The van der Waals surface area contributed by atoms with Gasteiger partial charge in [-0.1, -0.05) is 18.4 Å². The fourth-order valence-corrected chi connectivity index (χ4v) is 0.975. The number of H-pyrrole nitrogens is 1. The molecule has 0 spiro atoms. The summed E-state index contributed by atoms with van der Waals surface area (Å²) in [5, 5.41) is 16.1. The van der Waals surface area contributed by atoms with Crippen molar-refractivity contribution in [2.24, 2.45) is 0 Å². The number of aromatic nitrogens is 4. The summed E-state index contributed by atoms with van der Waals surface area (Å²) in [6, 6.07) is 0. The van der Waals surface area contributed by atoms with Crippen molar-refractivity contribution in [3.8, 4) is 0 Å². The van der Waals surface area contributed by atoms with Gasteiger partial charge in [0.2, 0.25) is 0 Å². The Labute approximate surface area is 77.1 Å². The van der Waals surface area contributed by atoms with Crippen LogP contribution in [-0.2, 0) is 4.74 Å². The van der Waals surface area contributed by atoms with E-state index < -0.39 is 0 Å². The molecule has 1 rings (SSSR count). The molecule has 74 valence electrons. The van der Waals surface area contributed by atoms with E-state index in [1.54, 1.807) is 0 Å². The standard InChI is InChI=1S/C7H15N5O/c1-3-4-6(2)13-5-8-7-9-11-12-10-7/h6H,3-5H2,1-2H3,(H2,8,9,10,11,12). The molecule has 0 aliphatic carbocycles. The molecule has 1 atom stereocenters. The number of ether oxygens (including phenoxy) is 1. The number of nitrogens with one attached hydrogen (secondary N) is 2. The first-order valence-corrected chi connectivity index (χ1v) is 4.42. The predicted octanol–water partition coefficient (Wildman–Crippen LogP) is 0.774. The van der Waals surface area contributed by atoms with E-state index in [9.17, 15) is 0 Å². The lowest BCUT2D eigenvalue weighted by atomic mass is 10.2. The zero-order valence-electron chi connectivity index (χ0n) is 7.95. The van der Waals surface area contributed by atoms with Crippen molar-refractivity contribution in [3.05, 3.63) is 0 Å². The molecule has 1 unspecified atom stereocenters. The molecular formula is C7H15N5O. The van der Waals surface area contributed by atoms with Gasteiger partial charge in [-0.2, -0.15) is 5.21 Å². The molecule has 1 heterocycles. The Kier molecular flexibility index (Phi) is 4.17. The predicted molar refractivity (Wildman–Crippen MR) is 48.1 cm³/mol. The third kappa shape index (κ3) is 3.84. The largest absolute Gasteiger partial charge is 0.358 e. The molecular weight excluding hydrogens is 170 g/mol. The van der Waals surface area contributed by atoms with Crippen LogP contribution in [0, 0.1) is 0 Å². The Hall–Kier alpha value is -1.17. The van der Waals surface area contributed by atoms with E-state index in [-0.39, 0.29) is 6.10 Å². The molecule has 6 nitrogen and oxygen atoms in total. The van der Waals surface area contributed by atoms with Crippen molar-refractivity contribution < 1.29 is 4.74 Å². The van der Waals surface area contributed by atoms with E-state index in [0.717, 1.165) is 12.8 Å². The van der Waals surface area contributed by atoms with E-state index in [4.69, 9.17) is 4.74 Å². The summed E-state index contributed by atoms with van der Waals surface area (Å²) >= 11 is 0. The van der Waals surface area contributed by atoms with E-state index >= 15 is 0 Å². The van der Waals surface area contributed by atoms with Gasteiger partial charge in [0, 0.05) is 0 Å². The fourth-order valence-electron chi connectivity index (χ4n) is 0.975. The molecule has 0 aliphatic rings. The molecule has 13 heavy (non-hydrogen) atoms. The number of tetrazole rings is 1. The number of aromatic amines is 1. The van der Waals surface area contributed by atoms with Crippen molar-refractivity contribution in [2.75, 3.05) is 12.0 Å². The second-order valence-electron chi connectivity index (χ2n) is 2.82. The van der Waals surface area contributed by atoms with Gasteiger partial charge in [0.15, 0.2) is 0 Å². The average Bonchev–Trinajstić information content (AvgIpc) is 2.57. The Morgan fingerprint density at radius 3 is 3.08 bits per heavy atom. The molecule has 0 saturated heterocycles. The Morgan fingerprint density at radius 2 is 2.46 bits per heavy atom. The van der Waals surface area contributed by atoms with E-state index in [0.29, 0.717) is 12.7 Å². The van der Waals surface area contributed by atoms with Gasteiger partial charge in [-0.3, -0.25) is 0 Å². The van der Waals surface area contributed by atoms with Crippen LogP contribution in [0.25, 0.3) is 0 Å². The van der Waals surface area contributed by atoms with Crippen molar-refractivity contribution in [2.45, 2.75) is 32.8 Å². The fraction of sp³-hybridized carbons (Fsp3) is 0.857. The summed E-state index contributed by atoms with van der Waals surface area (Å²) in [6.07, 6.45) is 2.46. The highest BCUT2D eigenvalue weighted by molar-refractivity contribution is 5.16. The summed E-state index contributed by atoms with van der Waals surface area (Å²) in [6.45, 7) is 4.59. The van der Waals surface area contributed by atoms with E-state index in [1.165, 1.54) is 0 Å². The SMILES string of the molecule is CCCC(C)OCNc1nn[nH]n1. The monoisotopic (exact) mass is 185 g/mol. The van der Waals surface area contributed by atoms with Crippen molar-refractivity contribution in [1.82, 2.24) is 20.6 Å². The van der Waals surface area contributed by atoms with Gasteiger partial charge in [0.25, 0.3) is 5.95 Å². The zero-order valence-corrected chi connectivity index (χ0v) is 7.95. The topological polar surface area (TPSA) is 75.7 Å². The van der Waals surface area contributed by atoms with Crippen LogP contribution in [0.1, 0.15) is 26.7 Å². The lowest BCUT2D eigenvalue weighted by Gasteiger charge is -2.11. The van der Waals surface area contributed by atoms with Crippen molar-refractivity contribution in [3.63, 3.8) is 0 Å². The summed E-state index contributed by atoms with van der Waals surface area (Å²) in [5.41, 5.74) is 0. The Morgan fingerprint density at radius 1 is 1.62 bits per heavy atom. The number of anilines is 1. The van der Waals surface area contributed by atoms with Gasteiger partial charge >= 0.3 is 0 Å². The molecule has 0 fully saturated rings. The highest BCUT2D eigenvalue weighted by Crippen LogP contribution is 2.00. The van der Waals surface area contributed by atoms with Gasteiger partial charge in [0.05, 0.1) is 6.10 Å². The van der Waals surface area contributed by atoms with Crippen LogP contribution in [0.15, 0.2) is 0 Å². The number of hydrogen-bond donors (Lipinski definition) is 2. The molecule has 0 saturated carbocycles. The molecule has 0 radical (unpaired) electrons. The molecule has 6 heteroatoms. The highest BCUT2D eigenvalue weighted by Gasteiger charge is 2.00. The molecule has 0 bridgehead atoms. The summed E-state index contributed by atoms with van der Waals surface area (Å²) < 4.78 is 5.42. The normalized spacial score (nSPS) is 12.8. The third-order valence-corrected chi connectivity index (χ3v) is 1.64. The molecule has 0 aliphatic heterocycles. The highest BCUT2D eigenvalue weighted by atomic mass is 16.5. The van der Waals surface area contributed by atoms with E-state index in [2.05, 4.69) is 32.9 Å². The van der Waals surface area contributed by atoms with Crippen LogP contribution in [0.3, 0.4) is 0 Å². The van der Waals surface area contributed by atoms with Crippen molar-refractivity contribution in [1.29, 1.82) is 0 Å².